The average molecular weight is 262 g/mol. The van der Waals surface area contributed by atoms with Gasteiger partial charge < -0.3 is 5.32 Å². The molecule has 0 radical (unpaired) electrons. The van der Waals surface area contributed by atoms with E-state index in [-0.39, 0.29) is 0 Å². The van der Waals surface area contributed by atoms with E-state index in [0.717, 1.165) is 18.4 Å². The molecular formula is C18H18N2. The summed E-state index contributed by atoms with van der Waals surface area (Å²) in [6.45, 7) is 0. The molecule has 2 aromatic carbocycles. The Morgan fingerprint density at radius 2 is 1.80 bits per heavy atom. The Kier molecular flexibility index (Phi) is 2.62. The maximum atomic E-state index is 5.01. The fourth-order valence-corrected chi connectivity index (χ4v) is 3.44. The molecule has 0 spiro atoms. The molecule has 0 bridgehead atoms. The number of fused-ring (bicyclic) bond motifs is 4. The Labute approximate surface area is 118 Å². The number of aromatic nitrogens is 1. The van der Waals surface area contributed by atoms with E-state index in [9.17, 15) is 0 Å². The van der Waals surface area contributed by atoms with Crippen LogP contribution in [0.1, 0.15) is 24.1 Å². The van der Waals surface area contributed by atoms with Gasteiger partial charge >= 0.3 is 0 Å². The molecule has 2 heteroatoms. The fraction of sp³-hybridized carbons (Fsp3) is 0.278. The molecule has 20 heavy (non-hydrogen) atoms. The fourth-order valence-electron chi connectivity index (χ4n) is 3.44. The van der Waals surface area contributed by atoms with Crippen molar-refractivity contribution in [1.29, 1.82) is 0 Å². The van der Waals surface area contributed by atoms with Gasteiger partial charge in [-0.25, -0.2) is 0 Å². The van der Waals surface area contributed by atoms with Gasteiger partial charge in [0.05, 0.1) is 5.52 Å². The molecule has 0 aliphatic heterocycles. The Hall–Kier alpha value is -2.09. The van der Waals surface area contributed by atoms with Gasteiger partial charge in [-0.15, -0.1) is 0 Å². The first-order chi connectivity index (χ1) is 9.88. The van der Waals surface area contributed by atoms with E-state index in [1.54, 1.807) is 0 Å². The number of aryl methyl sites for hydroxylation is 1. The topological polar surface area (TPSA) is 24.9 Å². The van der Waals surface area contributed by atoms with Gasteiger partial charge in [0.25, 0.3) is 0 Å². The number of anilines is 1. The molecule has 0 saturated heterocycles. The highest BCUT2D eigenvalue weighted by atomic mass is 14.9. The van der Waals surface area contributed by atoms with Gasteiger partial charge in [0.15, 0.2) is 0 Å². The van der Waals surface area contributed by atoms with Gasteiger partial charge in [-0.1, -0.05) is 36.4 Å². The zero-order valence-electron chi connectivity index (χ0n) is 11.7. The van der Waals surface area contributed by atoms with E-state index in [0.29, 0.717) is 0 Å². The summed E-state index contributed by atoms with van der Waals surface area (Å²) in [5.41, 5.74) is 5.16. The summed E-state index contributed by atoms with van der Waals surface area (Å²) >= 11 is 0. The maximum absolute atomic E-state index is 5.01. The predicted octanol–water partition coefficient (Wildman–Crippen LogP) is 4.31. The SMILES string of the molecule is CNc1c2c(nc3c1ccc1ccccc13)CCCC2. The van der Waals surface area contributed by atoms with Crippen molar-refractivity contribution in [3.63, 3.8) is 0 Å². The smallest absolute Gasteiger partial charge is 0.0804 e. The van der Waals surface area contributed by atoms with Crippen LogP contribution in [-0.4, -0.2) is 12.0 Å². The lowest BCUT2D eigenvalue weighted by Crippen LogP contribution is -2.09. The number of rotatable bonds is 1. The standard InChI is InChI=1S/C18H18N2/c1-19-17-14-8-4-5-9-16(14)20-18-13-7-3-2-6-12(13)10-11-15(17)18/h2-3,6-7,10-11H,4-5,8-9H2,1H3,(H,19,20). The van der Waals surface area contributed by atoms with Crippen molar-refractivity contribution in [3.05, 3.63) is 47.7 Å². The van der Waals surface area contributed by atoms with E-state index >= 15 is 0 Å². The largest absolute Gasteiger partial charge is 0.387 e. The number of pyridine rings is 1. The molecule has 100 valence electrons. The molecule has 1 heterocycles. The van der Waals surface area contributed by atoms with Crippen molar-refractivity contribution in [2.75, 3.05) is 12.4 Å². The summed E-state index contributed by atoms with van der Waals surface area (Å²) in [6.07, 6.45) is 4.81. The maximum Gasteiger partial charge on any atom is 0.0804 e. The van der Waals surface area contributed by atoms with Crippen molar-refractivity contribution in [3.8, 4) is 0 Å². The lowest BCUT2D eigenvalue weighted by molar-refractivity contribution is 0.672. The lowest BCUT2D eigenvalue weighted by atomic mass is 9.92. The molecule has 4 rings (SSSR count). The molecule has 0 atom stereocenters. The van der Waals surface area contributed by atoms with E-state index in [2.05, 4.69) is 41.7 Å². The van der Waals surface area contributed by atoms with Gasteiger partial charge in [0.2, 0.25) is 0 Å². The molecule has 3 aromatic rings. The van der Waals surface area contributed by atoms with E-state index in [4.69, 9.17) is 4.98 Å². The summed E-state index contributed by atoms with van der Waals surface area (Å²) < 4.78 is 0. The van der Waals surface area contributed by atoms with Crippen LogP contribution in [0.4, 0.5) is 5.69 Å². The number of nitrogens with one attached hydrogen (secondary N) is 1. The van der Waals surface area contributed by atoms with Crippen molar-refractivity contribution >= 4 is 27.4 Å². The monoisotopic (exact) mass is 262 g/mol. The third-order valence-corrected chi connectivity index (χ3v) is 4.41. The number of hydrogen-bond acceptors (Lipinski definition) is 2. The summed E-state index contributed by atoms with van der Waals surface area (Å²) in [5.74, 6) is 0. The second-order valence-corrected chi connectivity index (χ2v) is 5.55. The molecule has 0 fully saturated rings. The quantitative estimate of drug-likeness (QED) is 0.661. The van der Waals surface area contributed by atoms with Gasteiger partial charge in [0.1, 0.15) is 0 Å². The van der Waals surface area contributed by atoms with E-state index in [1.165, 1.54) is 45.9 Å². The van der Waals surface area contributed by atoms with Crippen molar-refractivity contribution in [1.82, 2.24) is 4.98 Å². The Morgan fingerprint density at radius 1 is 0.950 bits per heavy atom. The minimum atomic E-state index is 1.11. The summed E-state index contributed by atoms with van der Waals surface area (Å²) in [4.78, 5) is 5.01. The van der Waals surface area contributed by atoms with Crippen molar-refractivity contribution in [2.24, 2.45) is 0 Å². The lowest BCUT2D eigenvalue weighted by Gasteiger charge is -2.21. The zero-order valence-corrected chi connectivity index (χ0v) is 11.7. The highest BCUT2D eigenvalue weighted by molar-refractivity contribution is 6.09. The van der Waals surface area contributed by atoms with Gasteiger partial charge in [-0.3, -0.25) is 4.98 Å². The third kappa shape index (κ3) is 1.61. The minimum absolute atomic E-state index is 1.11. The van der Waals surface area contributed by atoms with Gasteiger partial charge in [0, 0.05) is 29.2 Å². The van der Waals surface area contributed by atoms with Crippen LogP contribution in [-0.2, 0) is 12.8 Å². The molecule has 1 aliphatic carbocycles. The van der Waals surface area contributed by atoms with E-state index < -0.39 is 0 Å². The van der Waals surface area contributed by atoms with Crippen LogP contribution in [0.15, 0.2) is 36.4 Å². The van der Waals surface area contributed by atoms with E-state index in [1.807, 2.05) is 7.05 Å². The molecule has 0 saturated carbocycles. The molecule has 1 aromatic heterocycles. The van der Waals surface area contributed by atoms with Crippen LogP contribution in [0.25, 0.3) is 21.7 Å². The first kappa shape index (κ1) is 11.7. The number of benzene rings is 2. The molecule has 0 unspecified atom stereocenters. The number of nitrogens with zero attached hydrogens (tertiary/aromatic N) is 1. The first-order valence-corrected chi connectivity index (χ1v) is 7.39. The number of hydrogen-bond donors (Lipinski definition) is 1. The van der Waals surface area contributed by atoms with Gasteiger partial charge in [-0.05, 0) is 36.6 Å². The molecule has 2 nitrogen and oxygen atoms in total. The first-order valence-electron chi connectivity index (χ1n) is 7.39. The highest BCUT2D eigenvalue weighted by Gasteiger charge is 2.18. The van der Waals surface area contributed by atoms with Crippen molar-refractivity contribution in [2.45, 2.75) is 25.7 Å². The van der Waals surface area contributed by atoms with Crippen LogP contribution in [0.2, 0.25) is 0 Å². The predicted molar refractivity (Wildman–Crippen MR) is 85.4 cm³/mol. The Bertz CT molecular complexity index is 805. The van der Waals surface area contributed by atoms with Crippen LogP contribution < -0.4 is 5.32 Å². The van der Waals surface area contributed by atoms with Crippen LogP contribution in [0.5, 0.6) is 0 Å². The Balaban J connectivity index is 2.17. The van der Waals surface area contributed by atoms with Crippen LogP contribution in [0.3, 0.4) is 0 Å². The minimum Gasteiger partial charge on any atom is -0.387 e. The average Bonchev–Trinajstić information content (AvgIpc) is 2.52. The second kappa shape index (κ2) is 4.48. The zero-order chi connectivity index (χ0) is 13.5. The summed E-state index contributed by atoms with van der Waals surface area (Å²) in [7, 11) is 2.03. The van der Waals surface area contributed by atoms with Crippen molar-refractivity contribution < 1.29 is 0 Å². The Morgan fingerprint density at radius 3 is 2.70 bits per heavy atom. The molecule has 1 aliphatic rings. The molecule has 1 N–H and O–H groups in total. The third-order valence-electron chi connectivity index (χ3n) is 4.41. The molecular weight excluding hydrogens is 244 g/mol. The van der Waals surface area contributed by atoms with Gasteiger partial charge in [-0.2, -0.15) is 0 Å². The summed E-state index contributed by atoms with van der Waals surface area (Å²) in [6, 6.07) is 12.9. The second-order valence-electron chi connectivity index (χ2n) is 5.55. The van der Waals surface area contributed by atoms with Crippen LogP contribution >= 0.6 is 0 Å². The molecule has 0 amide bonds. The highest BCUT2D eigenvalue weighted by Crippen LogP contribution is 2.35. The summed E-state index contributed by atoms with van der Waals surface area (Å²) in [5, 5.41) is 7.21. The van der Waals surface area contributed by atoms with Crippen LogP contribution in [0, 0.1) is 0 Å². The normalized spacial score (nSPS) is 14.4.